The third-order valence-electron chi connectivity index (χ3n) is 3.70. The van der Waals surface area contributed by atoms with E-state index in [1.165, 1.54) is 0 Å². The van der Waals surface area contributed by atoms with E-state index in [1.54, 1.807) is 0 Å². The fourth-order valence-electron chi connectivity index (χ4n) is 2.55. The Hall–Kier alpha value is -1.39. The fraction of sp³-hybridized carbons (Fsp3) is 0.467. The highest BCUT2D eigenvalue weighted by Gasteiger charge is 2.49. The first-order valence-electron chi connectivity index (χ1n) is 6.80. The highest BCUT2D eigenvalue weighted by Crippen LogP contribution is 2.47. The van der Waals surface area contributed by atoms with Gasteiger partial charge in [0.2, 0.25) is 5.89 Å². The first-order valence-corrected chi connectivity index (χ1v) is 7.18. The molecule has 0 amide bonds. The van der Waals surface area contributed by atoms with Gasteiger partial charge in [0, 0.05) is 18.0 Å². The van der Waals surface area contributed by atoms with Crippen LogP contribution in [-0.4, -0.2) is 35.7 Å². The highest BCUT2D eigenvalue weighted by molar-refractivity contribution is 6.31. The Bertz CT molecular complexity index is 605. The molecule has 0 N–H and O–H groups in total. The largest absolute Gasteiger partial charge is 0.339 e. The number of hydrogen-bond acceptors (Lipinski definition) is 4. The number of likely N-dealkylation sites (N-methyl/N-ethyl adjacent to an activating group) is 1. The van der Waals surface area contributed by atoms with Gasteiger partial charge < -0.3 is 9.42 Å². The normalized spacial score (nSPS) is 16.6. The minimum atomic E-state index is 0.0786. The summed E-state index contributed by atoms with van der Waals surface area (Å²) in [6, 6.07) is 7.76. The number of rotatable bonds is 5. The van der Waals surface area contributed by atoms with Gasteiger partial charge in [0.05, 0.1) is 5.41 Å². The number of halogens is 1. The van der Waals surface area contributed by atoms with Gasteiger partial charge in [-0.25, -0.2) is 0 Å². The molecule has 1 aliphatic carbocycles. The van der Waals surface area contributed by atoms with Crippen LogP contribution in [0.15, 0.2) is 28.8 Å². The third-order valence-corrected chi connectivity index (χ3v) is 4.07. The molecule has 1 aliphatic rings. The summed E-state index contributed by atoms with van der Waals surface area (Å²) in [6.45, 7) is 0.959. The Morgan fingerprint density at radius 3 is 2.70 bits per heavy atom. The van der Waals surface area contributed by atoms with Gasteiger partial charge in [-0.3, -0.25) is 0 Å². The van der Waals surface area contributed by atoms with Crippen molar-refractivity contribution in [2.24, 2.45) is 0 Å². The Kier molecular flexibility index (Phi) is 3.52. The predicted octanol–water partition coefficient (Wildman–Crippen LogP) is 2.91. The van der Waals surface area contributed by atoms with Crippen LogP contribution >= 0.6 is 11.6 Å². The zero-order valence-corrected chi connectivity index (χ0v) is 12.5. The monoisotopic (exact) mass is 291 g/mol. The molecule has 0 unspecified atom stereocenters. The number of nitrogens with zero attached hydrogens (tertiary/aromatic N) is 3. The van der Waals surface area contributed by atoms with Crippen molar-refractivity contribution in [1.29, 1.82) is 0 Å². The lowest BCUT2D eigenvalue weighted by atomic mass is 10.1. The molecule has 1 saturated carbocycles. The molecule has 0 aliphatic heterocycles. The average Bonchev–Trinajstić information content (AvgIpc) is 3.01. The molecule has 106 valence electrons. The van der Waals surface area contributed by atoms with Crippen molar-refractivity contribution in [3.63, 3.8) is 0 Å². The number of benzene rings is 1. The van der Waals surface area contributed by atoms with E-state index < -0.39 is 0 Å². The van der Waals surface area contributed by atoms with Gasteiger partial charge in [0.25, 0.3) is 0 Å². The highest BCUT2D eigenvalue weighted by atomic mass is 35.5. The molecule has 3 rings (SSSR count). The molecule has 0 atom stereocenters. The molecule has 2 aromatic rings. The van der Waals surface area contributed by atoms with Crippen LogP contribution in [0.2, 0.25) is 5.02 Å². The van der Waals surface area contributed by atoms with Gasteiger partial charge in [0.15, 0.2) is 5.82 Å². The van der Waals surface area contributed by atoms with E-state index in [0.29, 0.717) is 12.2 Å². The second kappa shape index (κ2) is 5.19. The second-order valence-electron chi connectivity index (χ2n) is 5.80. The van der Waals surface area contributed by atoms with Crippen molar-refractivity contribution in [3.8, 4) is 0 Å². The quantitative estimate of drug-likeness (QED) is 0.849. The molecule has 1 aromatic carbocycles. The van der Waals surface area contributed by atoms with Crippen LogP contribution in [0.25, 0.3) is 0 Å². The average molecular weight is 292 g/mol. The van der Waals surface area contributed by atoms with E-state index >= 15 is 0 Å². The maximum absolute atomic E-state index is 6.16. The van der Waals surface area contributed by atoms with Crippen LogP contribution in [0, 0.1) is 0 Å². The summed E-state index contributed by atoms with van der Waals surface area (Å²) < 4.78 is 5.47. The molecule has 0 bridgehead atoms. The zero-order chi connectivity index (χ0) is 14.2. The zero-order valence-electron chi connectivity index (χ0n) is 11.8. The molecule has 4 nitrogen and oxygen atoms in total. The summed E-state index contributed by atoms with van der Waals surface area (Å²) in [6.07, 6.45) is 2.86. The molecule has 5 heteroatoms. The van der Waals surface area contributed by atoms with Gasteiger partial charge in [-0.1, -0.05) is 35.0 Å². The Morgan fingerprint density at radius 2 is 2.05 bits per heavy atom. The van der Waals surface area contributed by atoms with E-state index in [4.69, 9.17) is 16.1 Å². The molecular formula is C15H18ClN3O. The van der Waals surface area contributed by atoms with Crippen molar-refractivity contribution >= 4 is 11.6 Å². The molecule has 1 fully saturated rings. The van der Waals surface area contributed by atoms with E-state index in [9.17, 15) is 0 Å². The van der Waals surface area contributed by atoms with Gasteiger partial charge >= 0.3 is 0 Å². The van der Waals surface area contributed by atoms with Crippen molar-refractivity contribution in [3.05, 3.63) is 46.6 Å². The summed E-state index contributed by atoms with van der Waals surface area (Å²) in [7, 11) is 4.14. The first kappa shape index (κ1) is 13.6. The van der Waals surface area contributed by atoms with Crippen LogP contribution in [0.4, 0.5) is 0 Å². The lowest BCUT2D eigenvalue weighted by Gasteiger charge is -2.15. The SMILES string of the molecule is CN(C)CC1(c2nc(Cc3ccccc3Cl)no2)CC1. The number of aromatic nitrogens is 2. The van der Waals surface area contributed by atoms with Crippen LogP contribution in [0.5, 0.6) is 0 Å². The minimum Gasteiger partial charge on any atom is -0.339 e. The smallest absolute Gasteiger partial charge is 0.234 e. The second-order valence-corrected chi connectivity index (χ2v) is 6.21. The van der Waals surface area contributed by atoms with Gasteiger partial charge in [0.1, 0.15) is 0 Å². The van der Waals surface area contributed by atoms with Crippen LogP contribution in [-0.2, 0) is 11.8 Å². The Balaban J connectivity index is 1.76. The van der Waals surface area contributed by atoms with Crippen LogP contribution < -0.4 is 0 Å². The molecular weight excluding hydrogens is 274 g/mol. The maximum atomic E-state index is 6.16. The summed E-state index contributed by atoms with van der Waals surface area (Å²) in [5, 5.41) is 4.85. The van der Waals surface area contributed by atoms with E-state index in [0.717, 1.165) is 35.9 Å². The van der Waals surface area contributed by atoms with E-state index in [2.05, 4.69) is 29.1 Å². The Morgan fingerprint density at radius 1 is 1.30 bits per heavy atom. The molecule has 1 heterocycles. The molecule has 0 radical (unpaired) electrons. The number of hydrogen-bond donors (Lipinski definition) is 0. The first-order chi connectivity index (χ1) is 9.59. The van der Waals surface area contributed by atoms with Crippen LogP contribution in [0.1, 0.15) is 30.1 Å². The summed E-state index contributed by atoms with van der Waals surface area (Å²) in [5.74, 6) is 1.48. The topological polar surface area (TPSA) is 42.2 Å². The van der Waals surface area contributed by atoms with Crippen molar-refractivity contribution in [2.75, 3.05) is 20.6 Å². The predicted molar refractivity (Wildman–Crippen MR) is 78.0 cm³/mol. The summed E-state index contributed by atoms with van der Waals surface area (Å²) in [5.41, 5.74) is 1.11. The van der Waals surface area contributed by atoms with Crippen molar-refractivity contribution < 1.29 is 4.52 Å². The lowest BCUT2D eigenvalue weighted by Crippen LogP contribution is -2.26. The summed E-state index contributed by atoms with van der Waals surface area (Å²) in [4.78, 5) is 6.74. The molecule has 0 spiro atoms. The molecule has 20 heavy (non-hydrogen) atoms. The third kappa shape index (κ3) is 2.72. The standard InChI is InChI=1S/C15H18ClN3O/c1-19(2)10-15(7-8-15)14-17-13(18-20-14)9-11-5-3-4-6-12(11)16/h3-6H,7-10H2,1-2H3. The molecule has 0 saturated heterocycles. The fourth-order valence-corrected chi connectivity index (χ4v) is 2.75. The maximum Gasteiger partial charge on any atom is 0.234 e. The minimum absolute atomic E-state index is 0.0786. The van der Waals surface area contributed by atoms with E-state index in [-0.39, 0.29) is 5.41 Å². The van der Waals surface area contributed by atoms with Crippen LogP contribution in [0.3, 0.4) is 0 Å². The van der Waals surface area contributed by atoms with E-state index in [1.807, 2.05) is 24.3 Å². The molecule has 1 aromatic heterocycles. The van der Waals surface area contributed by atoms with Crippen molar-refractivity contribution in [2.45, 2.75) is 24.7 Å². The van der Waals surface area contributed by atoms with Gasteiger partial charge in [-0.15, -0.1) is 0 Å². The lowest BCUT2D eigenvalue weighted by molar-refractivity contribution is 0.290. The summed E-state index contributed by atoms with van der Waals surface area (Å²) >= 11 is 6.16. The van der Waals surface area contributed by atoms with Crippen molar-refractivity contribution in [1.82, 2.24) is 15.0 Å². The van der Waals surface area contributed by atoms with Gasteiger partial charge in [-0.2, -0.15) is 4.98 Å². The van der Waals surface area contributed by atoms with Gasteiger partial charge in [-0.05, 0) is 38.6 Å². The Labute approximate surface area is 123 Å².